The molecule has 1 aromatic heterocycles. The van der Waals surface area contributed by atoms with E-state index in [1.165, 1.54) is 0 Å². The third-order valence-electron chi connectivity index (χ3n) is 5.25. The fourth-order valence-electron chi connectivity index (χ4n) is 3.67. The van der Waals surface area contributed by atoms with Gasteiger partial charge in [-0.05, 0) is 35.7 Å². The highest BCUT2D eigenvalue weighted by molar-refractivity contribution is 7.90. The number of nitrogens with one attached hydrogen (secondary N) is 1. The molecule has 164 valence electrons. The molecule has 0 spiro atoms. The van der Waals surface area contributed by atoms with Crippen LogP contribution >= 0.6 is 11.6 Å². The summed E-state index contributed by atoms with van der Waals surface area (Å²) in [6, 6.07) is 23.9. The molecule has 1 N–H and O–H groups in total. The molecule has 4 rings (SSSR count). The number of halogens is 1. The van der Waals surface area contributed by atoms with Crippen molar-refractivity contribution in [3.63, 3.8) is 0 Å². The normalized spacial score (nSPS) is 11.5. The molecule has 0 aliphatic carbocycles. The number of rotatable bonds is 8. The lowest BCUT2D eigenvalue weighted by atomic mass is 10.1. The number of nitrogens with zero attached hydrogens (tertiary/aromatic N) is 1. The van der Waals surface area contributed by atoms with Gasteiger partial charge in [-0.15, -0.1) is 0 Å². The Bertz CT molecular complexity index is 1330. The topological polar surface area (TPSA) is 68.2 Å². The molecule has 7 heteroatoms. The van der Waals surface area contributed by atoms with Crippen LogP contribution in [0.5, 0.6) is 0 Å². The summed E-state index contributed by atoms with van der Waals surface area (Å²) in [6.07, 6.45) is 2.30. The van der Waals surface area contributed by atoms with E-state index in [4.69, 9.17) is 11.6 Å². The molecule has 0 saturated heterocycles. The van der Waals surface area contributed by atoms with Gasteiger partial charge >= 0.3 is 0 Å². The summed E-state index contributed by atoms with van der Waals surface area (Å²) in [5, 5.41) is 4.08. The largest absolute Gasteiger partial charge is 0.354 e. The third kappa shape index (κ3) is 5.21. The van der Waals surface area contributed by atoms with Crippen molar-refractivity contribution in [3.8, 4) is 0 Å². The van der Waals surface area contributed by atoms with Gasteiger partial charge in [-0.1, -0.05) is 72.3 Å². The van der Waals surface area contributed by atoms with E-state index in [1.54, 1.807) is 47.2 Å². The van der Waals surface area contributed by atoms with Gasteiger partial charge in [0.25, 0.3) is 0 Å². The maximum atomic E-state index is 13.2. The first-order valence-corrected chi connectivity index (χ1v) is 12.3. The summed E-state index contributed by atoms with van der Waals surface area (Å²) in [4.78, 5) is 12.8. The summed E-state index contributed by atoms with van der Waals surface area (Å²) < 4.78 is 28.1. The molecule has 0 radical (unpaired) electrons. The minimum Gasteiger partial charge on any atom is -0.354 e. The van der Waals surface area contributed by atoms with Crippen molar-refractivity contribution in [2.24, 2.45) is 0 Å². The Morgan fingerprint density at radius 2 is 1.56 bits per heavy atom. The average Bonchev–Trinajstić information content (AvgIpc) is 3.15. The van der Waals surface area contributed by atoms with Crippen molar-refractivity contribution in [3.05, 3.63) is 101 Å². The molecule has 0 saturated carbocycles. The summed E-state index contributed by atoms with van der Waals surface area (Å²) in [5.41, 5.74) is 2.51. The molecule has 0 atom stereocenters. The van der Waals surface area contributed by atoms with Gasteiger partial charge in [0.2, 0.25) is 5.91 Å². The van der Waals surface area contributed by atoms with Crippen LogP contribution in [0, 0.1) is 0 Å². The average molecular weight is 467 g/mol. The first kappa shape index (κ1) is 22.1. The fraction of sp³-hybridized carbons (Fsp3) is 0.160. The second kappa shape index (κ2) is 9.59. The molecule has 3 aromatic carbocycles. The predicted octanol–water partition coefficient (Wildman–Crippen LogP) is 4.63. The smallest absolute Gasteiger partial charge is 0.239 e. The lowest BCUT2D eigenvalue weighted by Gasteiger charge is -2.07. The zero-order valence-corrected chi connectivity index (χ0v) is 18.9. The number of benzene rings is 3. The van der Waals surface area contributed by atoms with Crippen molar-refractivity contribution in [2.45, 2.75) is 23.6 Å². The van der Waals surface area contributed by atoms with Gasteiger partial charge in [-0.2, -0.15) is 0 Å². The summed E-state index contributed by atoms with van der Waals surface area (Å²) in [7, 11) is -3.62. The Morgan fingerprint density at radius 3 is 2.31 bits per heavy atom. The van der Waals surface area contributed by atoms with Crippen LogP contribution in [0.4, 0.5) is 0 Å². The Labute approximate surface area is 192 Å². The van der Waals surface area contributed by atoms with Gasteiger partial charge in [-0.25, -0.2) is 8.42 Å². The zero-order valence-electron chi connectivity index (χ0n) is 17.4. The summed E-state index contributed by atoms with van der Waals surface area (Å²) in [6.45, 7) is 0.565. The van der Waals surface area contributed by atoms with Crippen LogP contribution in [0.15, 0.2) is 90.0 Å². The van der Waals surface area contributed by atoms with Crippen molar-refractivity contribution >= 4 is 38.2 Å². The van der Waals surface area contributed by atoms with E-state index in [1.807, 2.05) is 42.5 Å². The van der Waals surface area contributed by atoms with Crippen LogP contribution in [-0.2, 0) is 33.4 Å². The van der Waals surface area contributed by atoms with Gasteiger partial charge in [-0.3, -0.25) is 4.79 Å². The molecule has 0 unspecified atom stereocenters. The van der Waals surface area contributed by atoms with Gasteiger partial charge in [0, 0.05) is 28.7 Å². The number of hydrogen-bond donors (Lipinski definition) is 1. The number of para-hydroxylation sites is 1. The minimum absolute atomic E-state index is 0.0474. The molecule has 5 nitrogen and oxygen atoms in total. The van der Waals surface area contributed by atoms with Crippen molar-refractivity contribution in [1.82, 2.24) is 9.88 Å². The van der Waals surface area contributed by atoms with Crippen molar-refractivity contribution in [2.75, 3.05) is 6.54 Å². The number of aromatic nitrogens is 1. The van der Waals surface area contributed by atoms with Crippen LogP contribution in [0.25, 0.3) is 10.9 Å². The first-order chi connectivity index (χ1) is 15.4. The molecule has 1 amide bonds. The third-order valence-corrected chi connectivity index (χ3v) is 7.21. The van der Waals surface area contributed by atoms with E-state index >= 15 is 0 Å². The first-order valence-electron chi connectivity index (χ1n) is 10.3. The number of amides is 1. The second-order valence-electron chi connectivity index (χ2n) is 7.61. The van der Waals surface area contributed by atoms with Gasteiger partial charge < -0.3 is 9.88 Å². The van der Waals surface area contributed by atoms with Crippen LogP contribution in [0.2, 0.25) is 5.02 Å². The summed E-state index contributed by atoms with van der Waals surface area (Å²) >= 11 is 5.91. The molecule has 4 aromatic rings. The van der Waals surface area contributed by atoms with Crippen molar-refractivity contribution < 1.29 is 13.2 Å². The van der Waals surface area contributed by atoms with Crippen LogP contribution in [0.3, 0.4) is 0 Å². The standard InChI is InChI=1S/C25H23ClN2O3S/c26-21-12-10-20(11-13-21)18-32(30,31)24-16-28(23-9-5-4-8-22(23)24)17-25(29)27-15-14-19-6-2-1-3-7-19/h1-13,16H,14-15,17-18H2,(H,27,29). The second-order valence-corrected chi connectivity index (χ2v) is 10.0. The minimum atomic E-state index is -3.62. The number of hydrogen-bond acceptors (Lipinski definition) is 3. The quantitative estimate of drug-likeness (QED) is 0.411. The molecular weight excluding hydrogens is 444 g/mol. The lowest BCUT2D eigenvalue weighted by molar-refractivity contribution is -0.121. The van der Waals surface area contributed by atoms with E-state index < -0.39 is 9.84 Å². The van der Waals surface area contributed by atoms with Crippen LogP contribution in [0.1, 0.15) is 11.1 Å². The van der Waals surface area contributed by atoms with Gasteiger partial charge in [0.05, 0.1) is 10.6 Å². The summed E-state index contributed by atoms with van der Waals surface area (Å²) in [5.74, 6) is -0.301. The maximum Gasteiger partial charge on any atom is 0.239 e. The van der Waals surface area contributed by atoms with Crippen LogP contribution < -0.4 is 5.32 Å². The maximum absolute atomic E-state index is 13.2. The number of carbonyl (C=O) groups is 1. The highest BCUT2D eigenvalue weighted by Gasteiger charge is 2.22. The fourth-order valence-corrected chi connectivity index (χ4v) is 5.38. The van der Waals surface area contributed by atoms with Crippen molar-refractivity contribution in [1.29, 1.82) is 0 Å². The van der Waals surface area contributed by atoms with E-state index in [-0.39, 0.29) is 23.1 Å². The SMILES string of the molecule is O=C(Cn1cc(S(=O)(=O)Cc2ccc(Cl)cc2)c2ccccc21)NCCc1ccccc1. The molecule has 1 heterocycles. The van der Waals surface area contributed by atoms with Gasteiger partial charge in [0.15, 0.2) is 9.84 Å². The number of fused-ring (bicyclic) bond motifs is 1. The molecular formula is C25H23ClN2O3S. The highest BCUT2D eigenvalue weighted by Crippen LogP contribution is 2.28. The Hall–Kier alpha value is -3.09. The molecule has 0 bridgehead atoms. The molecule has 0 fully saturated rings. The molecule has 32 heavy (non-hydrogen) atoms. The lowest BCUT2D eigenvalue weighted by Crippen LogP contribution is -2.29. The van der Waals surface area contributed by atoms with E-state index in [0.717, 1.165) is 12.0 Å². The molecule has 0 aliphatic heterocycles. The van der Waals surface area contributed by atoms with E-state index in [2.05, 4.69) is 5.32 Å². The zero-order chi connectivity index (χ0) is 22.6. The number of sulfone groups is 1. The van der Waals surface area contributed by atoms with E-state index in [9.17, 15) is 13.2 Å². The monoisotopic (exact) mass is 466 g/mol. The van der Waals surface area contributed by atoms with Crippen LogP contribution in [-0.4, -0.2) is 25.4 Å². The Kier molecular flexibility index (Phi) is 6.63. The number of carbonyl (C=O) groups excluding carboxylic acids is 1. The Morgan fingerprint density at radius 1 is 0.875 bits per heavy atom. The molecule has 0 aliphatic rings. The Balaban J connectivity index is 1.52. The van der Waals surface area contributed by atoms with Gasteiger partial charge in [0.1, 0.15) is 6.54 Å². The highest BCUT2D eigenvalue weighted by atomic mass is 35.5. The van der Waals surface area contributed by atoms with E-state index in [0.29, 0.717) is 28.0 Å². The predicted molar refractivity (Wildman–Crippen MR) is 127 cm³/mol.